The van der Waals surface area contributed by atoms with Crippen molar-refractivity contribution in [1.29, 1.82) is 0 Å². The van der Waals surface area contributed by atoms with E-state index in [1.54, 1.807) is 12.4 Å². The average molecular weight is 269 g/mol. The van der Waals surface area contributed by atoms with E-state index in [-0.39, 0.29) is 11.8 Å². The lowest BCUT2D eigenvalue weighted by molar-refractivity contribution is -0.116. The van der Waals surface area contributed by atoms with Gasteiger partial charge in [-0.1, -0.05) is 0 Å². The summed E-state index contributed by atoms with van der Waals surface area (Å²) in [6.45, 7) is 0. The van der Waals surface area contributed by atoms with Gasteiger partial charge in [-0.05, 0) is 18.2 Å². The van der Waals surface area contributed by atoms with Crippen molar-refractivity contribution >= 4 is 11.7 Å². The van der Waals surface area contributed by atoms with Crippen LogP contribution in [0.2, 0.25) is 0 Å². The van der Waals surface area contributed by atoms with Gasteiger partial charge in [-0.25, -0.2) is 0 Å². The minimum atomic E-state index is -0.117. The van der Waals surface area contributed by atoms with Crippen LogP contribution in [0.5, 0.6) is 0 Å². The van der Waals surface area contributed by atoms with E-state index < -0.39 is 0 Å². The van der Waals surface area contributed by atoms with Crippen LogP contribution in [0, 0.1) is 0 Å². The van der Waals surface area contributed by atoms with Crippen molar-refractivity contribution < 1.29 is 9.21 Å². The highest BCUT2D eigenvalue weighted by molar-refractivity contribution is 5.94. The van der Waals surface area contributed by atoms with Crippen molar-refractivity contribution in [3.63, 3.8) is 0 Å². The summed E-state index contributed by atoms with van der Waals surface area (Å²) in [5.74, 6) is 1.92. The molecular formula is C13H11N5O2. The number of nitrogens with one attached hydrogen (secondary N) is 3. The number of aromatic amines is 2. The lowest BCUT2D eigenvalue weighted by atomic mass is 9.92. The van der Waals surface area contributed by atoms with Crippen molar-refractivity contribution in [3.8, 4) is 11.5 Å². The number of H-pyrrole nitrogens is 2. The average Bonchev–Trinajstić information content (AvgIpc) is 3.18. The Labute approximate surface area is 113 Å². The maximum absolute atomic E-state index is 11.7. The number of amides is 1. The van der Waals surface area contributed by atoms with E-state index in [1.165, 1.54) is 0 Å². The Morgan fingerprint density at radius 1 is 1.20 bits per heavy atom. The van der Waals surface area contributed by atoms with Crippen molar-refractivity contribution in [3.05, 3.63) is 41.9 Å². The lowest BCUT2D eigenvalue weighted by Gasteiger charge is -2.19. The molecule has 0 unspecified atom stereocenters. The summed E-state index contributed by atoms with van der Waals surface area (Å²) in [7, 11) is 0. The van der Waals surface area contributed by atoms with Crippen LogP contribution in [-0.4, -0.2) is 26.3 Å². The number of fused-ring (bicyclic) bond motifs is 1. The summed E-state index contributed by atoms with van der Waals surface area (Å²) in [4.78, 5) is 11.7. The third-order valence-electron chi connectivity index (χ3n) is 3.43. The minimum Gasteiger partial charge on any atom is -0.459 e. The number of hydrogen-bond donors (Lipinski definition) is 3. The molecule has 1 aliphatic rings. The fourth-order valence-corrected chi connectivity index (χ4v) is 2.48. The van der Waals surface area contributed by atoms with Crippen LogP contribution in [0.25, 0.3) is 11.5 Å². The van der Waals surface area contributed by atoms with E-state index in [2.05, 4.69) is 25.7 Å². The standard InChI is InChI=1S/C13H11N5O2/c19-12-5-7(8-6-15-18-13(8)16-12)10-1-2-11(20-10)9-3-4-14-17-9/h1-4,6-7H,5H2,(H,14,17)(H2,15,16,18,19)/t7-/m0/s1. The Bertz CT molecular complexity index is 755. The molecule has 1 atom stereocenters. The van der Waals surface area contributed by atoms with E-state index in [4.69, 9.17) is 4.42 Å². The molecule has 1 aliphatic heterocycles. The number of furan rings is 1. The molecule has 0 bridgehead atoms. The van der Waals surface area contributed by atoms with Gasteiger partial charge in [-0.2, -0.15) is 10.2 Å². The van der Waals surface area contributed by atoms with Gasteiger partial charge in [-0.15, -0.1) is 0 Å². The molecule has 7 nitrogen and oxygen atoms in total. The smallest absolute Gasteiger partial charge is 0.226 e. The molecule has 4 rings (SSSR count). The molecule has 4 heterocycles. The van der Waals surface area contributed by atoms with E-state index in [1.807, 2.05) is 18.2 Å². The van der Waals surface area contributed by atoms with Gasteiger partial charge < -0.3 is 9.73 Å². The van der Waals surface area contributed by atoms with Gasteiger partial charge in [0, 0.05) is 18.2 Å². The van der Waals surface area contributed by atoms with Crippen LogP contribution in [-0.2, 0) is 4.79 Å². The van der Waals surface area contributed by atoms with Crippen LogP contribution < -0.4 is 5.32 Å². The molecule has 0 aromatic carbocycles. The molecule has 0 fully saturated rings. The second-order valence-electron chi connectivity index (χ2n) is 4.68. The van der Waals surface area contributed by atoms with E-state index in [9.17, 15) is 4.79 Å². The first-order valence-electron chi connectivity index (χ1n) is 6.24. The molecular weight excluding hydrogens is 258 g/mol. The fraction of sp³-hybridized carbons (Fsp3) is 0.154. The zero-order valence-corrected chi connectivity index (χ0v) is 10.4. The molecule has 0 saturated heterocycles. The van der Waals surface area contributed by atoms with E-state index >= 15 is 0 Å². The van der Waals surface area contributed by atoms with Crippen LogP contribution in [0.1, 0.15) is 23.7 Å². The predicted molar refractivity (Wildman–Crippen MR) is 70.0 cm³/mol. The van der Waals surface area contributed by atoms with Gasteiger partial charge in [0.2, 0.25) is 5.91 Å². The highest BCUT2D eigenvalue weighted by Crippen LogP contribution is 2.37. The molecule has 7 heteroatoms. The zero-order chi connectivity index (χ0) is 13.5. The van der Waals surface area contributed by atoms with Crippen LogP contribution >= 0.6 is 0 Å². The molecule has 20 heavy (non-hydrogen) atoms. The summed E-state index contributed by atoms with van der Waals surface area (Å²) >= 11 is 0. The quantitative estimate of drug-likeness (QED) is 0.661. The van der Waals surface area contributed by atoms with Gasteiger partial charge in [0.1, 0.15) is 17.3 Å². The predicted octanol–water partition coefficient (Wildman–Crippen LogP) is 1.87. The van der Waals surface area contributed by atoms with Gasteiger partial charge in [0.25, 0.3) is 0 Å². The van der Waals surface area contributed by atoms with Crippen molar-refractivity contribution in [2.24, 2.45) is 0 Å². The Morgan fingerprint density at radius 3 is 3.00 bits per heavy atom. The van der Waals surface area contributed by atoms with Crippen molar-refractivity contribution in [2.45, 2.75) is 12.3 Å². The van der Waals surface area contributed by atoms with Gasteiger partial charge >= 0.3 is 0 Å². The molecule has 100 valence electrons. The molecule has 3 aromatic rings. The van der Waals surface area contributed by atoms with E-state index in [0.717, 1.165) is 17.0 Å². The Hall–Kier alpha value is -2.83. The number of anilines is 1. The first-order chi connectivity index (χ1) is 9.81. The Balaban J connectivity index is 1.74. The third kappa shape index (κ3) is 1.63. The normalized spacial score (nSPS) is 17.8. The van der Waals surface area contributed by atoms with Crippen molar-refractivity contribution in [2.75, 3.05) is 5.32 Å². The molecule has 0 spiro atoms. The number of nitrogens with zero attached hydrogens (tertiary/aromatic N) is 2. The van der Waals surface area contributed by atoms with Crippen LogP contribution in [0.4, 0.5) is 5.82 Å². The monoisotopic (exact) mass is 269 g/mol. The lowest BCUT2D eigenvalue weighted by Crippen LogP contribution is -2.22. The largest absolute Gasteiger partial charge is 0.459 e. The Kier molecular flexibility index (Phi) is 2.26. The van der Waals surface area contributed by atoms with Crippen LogP contribution in [0.3, 0.4) is 0 Å². The summed E-state index contributed by atoms with van der Waals surface area (Å²) in [6, 6.07) is 5.59. The third-order valence-corrected chi connectivity index (χ3v) is 3.43. The fourth-order valence-electron chi connectivity index (χ4n) is 2.48. The molecule has 1 amide bonds. The second-order valence-corrected chi connectivity index (χ2v) is 4.68. The molecule has 3 N–H and O–H groups in total. The van der Waals surface area contributed by atoms with Gasteiger partial charge in [0.15, 0.2) is 5.76 Å². The maximum atomic E-state index is 11.7. The van der Waals surface area contributed by atoms with E-state index in [0.29, 0.717) is 18.0 Å². The first kappa shape index (κ1) is 11.0. The molecule has 3 aromatic heterocycles. The Morgan fingerprint density at radius 2 is 2.15 bits per heavy atom. The summed E-state index contributed by atoms with van der Waals surface area (Å²) in [5, 5.41) is 16.3. The summed E-state index contributed by atoms with van der Waals surface area (Å²) < 4.78 is 5.85. The summed E-state index contributed by atoms with van der Waals surface area (Å²) in [5.41, 5.74) is 1.75. The number of carbonyl (C=O) groups is 1. The minimum absolute atomic E-state index is 0.0498. The van der Waals surface area contributed by atoms with Crippen molar-refractivity contribution in [1.82, 2.24) is 20.4 Å². The summed E-state index contributed by atoms with van der Waals surface area (Å²) in [6.07, 6.45) is 3.74. The van der Waals surface area contributed by atoms with Gasteiger partial charge in [-0.3, -0.25) is 15.0 Å². The number of rotatable bonds is 2. The molecule has 0 saturated carbocycles. The second kappa shape index (κ2) is 4.09. The van der Waals surface area contributed by atoms with Gasteiger partial charge in [0.05, 0.1) is 12.1 Å². The maximum Gasteiger partial charge on any atom is 0.226 e. The zero-order valence-electron chi connectivity index (χ0n) is 10.4. The topological polar surface area (TPSA) is 99.6 Å². The number of carbonyl (C=O) groups excluding carboxylic acids is 1. The molecule has 0 aliphatic carbocycles. The number of hydrogen-bond acceptors (Lipinski definition) is 4. The van der Waals surface area contributed by atoms with Crippen LogP contribution in [0.15, 0.2) is 35.0 Å². The SMILES string of the molecule is O=C1C[C@H](c2ccc(-c3ccn[nH]3)o2)c2cn[nH]c2N1. The molecule has 0 radical (unpaired) electrons. The highest BCUT2D eigenvalue weighted by atomic mass is 16.3. The highest BCUT2D eigenvalue weighted by Gasteiger charge is 2.30. The number of aromatic nitrogens is 4. The first-order valence-corrected chi connectivity index (χ1v) is 6.24.